The van der Waals surface area contributed by atoms with E-state index in [0.717, 1.165) is 44.9 Å². The summed E-state index contributed by atoms with van der Waals surface area (Å²) in [5, 5.41) is 1.16. The van der Waals surface area contributed by atoms with Crippen LogP contribution in [0.5, 0.6) is 17.2 Å². The second-order valence-corrected chi connectivity index (χ2v) is 11.4. The van der Waals surface area contributed by atoms with E-state index in [1.807, 2.05) is 6.92 Å². The molecule has 196 valence electrons. The molecule has 0 aliphatic heterocycles. The Labute approximate surface area is 215 Å². The number of hydrogen-bond acceptors (Lipinski definition) is 7. The van der Waals surface area contributed by atoms with Crippen molar-refractivity contribution >= 4 is 27.0 Å². The van der Waals surface area contributed by atoms with Crippen LogP contribution in [0.3, 0.4) is 0 Å². The average Bonchev–Trinajstić information content (AvgIpc) is 2.84. The van der Waals surface area contributed by atoms with Crippen molar-refractivity contribution in [3.05, 3.63) is 59.4 Å². The van der Waals surface area contributed by atoms with Crippen LogP contribution < -0.4 is 9.47 Å². The van der Waals surface area contributed by atoms with Gasteiger partial charge in [-0.25, -0.2) is 17.6 Å². The van der Waals surface area contributed by atoms with Crippen molar-refractivity contribution in [2.75, 3.05) is 0 Å². The Morgan fingerprint density at radius 1 is 0.892 bits per heavy atom. The Balaban J connectivity index is 1.40. The van der Waals surface area contributed by atoms with E-state index in [9.17, 15) is 22.2 Å². The summed E-state index contributed by atoms with van der Waals surface area (Å²) in [4.78, 5) is 12.2. The lowest BCUT2D eigenvalue weighted by Gasteiger charge is -2.32. The summed E-state index contributed by atoms with van der Waals surface area (Å²) in [7, 11) is -4.59. The zero-order valence-corrected chi connectivity index (χ0v) is 21.4. The lowest BCUT2D eigenvalue weighted by Crippen LogP contribution is -2.35. The van der Waals surface area contributed by atoms with Crippen molar-refractivity contribution < 1.29 is 36.4 Å². The van der Waals surface area contributed by atoms with Gasteiger partial charge < -0.3 is 18.8 Å². The molecule has 0 spiro atoms. The van der Waals surface area contributed by atoms with Gasteiger partial charge in [0, 0.05) is 0 Å². The smallest absolute Gasteiger partial charge is 0.514 e. The molecule has 1 fully saturated rings. The van der Waals surface area contributed by atoms with E-state index in [4.69, 9.17) is 14.2 Å². The van der Waals surface area contributed by atoms with Crippen LogP contribution in [-0.4, -0.2) is 24.7 Å². The number of fused-ring (bicyclic) bond motifs is 2. The van der Waals surface area contributed by atoms with Gasteiger partial charge in [0.15, 0.2) is 11.6 Å². The van der Waals surface area contributed by atoms with Crippen molar-refractivity contribution in [3.63, 3.8) is 0 Å². The molecular weight excluding hydrogens is 499 g/mol. The fourth-order valence-corrected chi connectivity index (χ4v) is 6.10. The summed E-state index contributed by atoms with van der Waals surface area (Å²) in [6, 6.07) is 10.5. The molecule has 0 unspecified atom stereocenters. The van der Waals surface area contributed by atoms with Gasteiger partial charge in [0.1, 0.15) is 27.2 Å². The lowest BCUT2D eigenvalue weighted by atomic mass is 9.86. The summed E-state index contributed by atoms with van der Waals surface area (Å²) < 4.78 is 66.7. The molecule has 2 aliphatic rings. The molecule has 0 radical (unpaired) electrons. The minimum absolute atomic E-state index is 0.195. The Morgan fingerprint density at radius 2 is 1.62 bits per heavy atom. The van der Waals surface area contributed by atoms with Gasteiger partial charge in [0.25, 0.3) is 0 Å². The number of hydrogen-bond donors (Lipinski definition) is 0. The van der Waals surface area contributed by atoms with Gasteiger partial charge in [0.05, 0.1) is 4.90 Å². The Bertz CT molecular complexity index is 1460. The first-order valence-electron chi connectivity index (χ1n) is 12.5. The highest BCUT2D eigenvalue weighted by Gasteiger charge is 2.32. The van der Waals surface area contributed by atoms with Crippen molar-refractivity contribution in [2.24, 2.45) is 0 Å². The summed E-state index contributed by atoms with van der Waals surface area (Å²) in [6.07, 6.45) is 6.34. The summed E-state index contributed by atoms with van der Waals surface area (Å²) >= 11 is 0. The maximum atomic E-state index is 14.7. The standard InChI is InChI=1S/C28H29FO7S/c1-28(13-5-2-6-14-28)36-27(30)35-25-17-19-15-20(10-9-18(19)16-23(25)29)34-24-11-12-26(37(31,32)33)22-8-4-3-7-21(22)24/h9-12,15-17H,2-8,13-14H2,1H3,(H,31,32,33)/p-1. The molecule has 0 heterocycles. The molecule has 0 amide bonds. The SMILES string of the molecule is CC1(OC(=O)Oc2cc3cc(Oc4ccc(S(=O)(=O)[O-])c5c4CCCC5)ccc3cc2F)CCCCC1. The summed E-state index contributed by atoms with van der Waals surface area (Å²) in [5.74, 6) is -0.0102. The predicted molar refractivity (Wildman–Crippen MR) is 134 cm³/mol. The Morgan fingerprint density at radius 3 is 2.35 bits per heavy atom. The third-order valence-corrected chi connectivity index (χ3v) is 8.16. The zero-order valence-electron chi connectivity index (χ0n) is 20.5. The molecule has 7 nitrogen and oxygen atoms in total. The van der Waals surface area contributed by atoms with E-state index >= 15 is 0 Å². The number of ether oxygens (including phenoxy) is 3. The Hall–Kier alpha value is -3.17. The van der Waals surface area contributed by atoms with Crippen LogP contribution in [0.1, 0.15) is 63.0 Å². The molecule has 0 saturated heterocycles. The quantitative estimate of drug-likeness (QED) is 0.204. The number of carbonyl (C=O) groups is 1. The zero-order chi connectivity index (χ0) is 26.2. The van der Waals surface area contributed by atoms with Crippen molar-refractivity contribution in [1.82, 2.24) is 0 Å². The van der Waals surface area contributed by atoms with Crippen LogP contribution in [0.4, 0.5) is 9.18 Å². The van der Waals surface area contributed by atoms with Crippen LogP contribution in [0.25, 0.3) is 10.8 Å². The third-order valence-electron chi connectivity index (χ3n) is 7.24. The second kappa shape index (κ2) is 9.95. The van der Waals surface area contributed by atoms with Gasteiger partial charge in [-0.15, -0.1) is 0 Å². The lowest BCUT2D eigenvalue weighted by molar-refractivity contribution is -0.0252. The van der Waals surface area contributed by atoms with E-state index in [-0.39, 0.29) is 10.6 Å². The largest absolute Gasteiger partial charge is 0.744 e. The van der Waals surface area contributed by atoms with E-state index in [1.165, 1.54) is 24.3 Å². The minimum atomic E-state index is -4.59. The molecule has 1 saturated carbocycles. The second-order valence-electron chi connectivity index (χ2n) is 10.0. The highest BCUT2D eigenvalue weighted by Crippen LogP contribution is 2.38. The van der Waals surface area contributed by atoms with Gasteiger partial charge >= 0.3 is 6.16 Å². The number of benzene rings is 3. The van der Waals surface area contributed by atoms with Crippen molar-refractivity contribution in [1.29, 1.82) is 0 Å². The van der Waals surface area contributed by atoms with Crippen LogP contribution in [0.15, 0.2) is 47.4 Å². The van der Waals surface area contributed by atoms with Gasteiger partial charge in [0.2, 0.25) is 0 Å². The fourth-order valence-electron chi connectivity index (χ4n) is 5.34. The van der Waals surface area contributed by atoms with Gasteiger partial charge in [-0.05, 0) is 117 Å². The van der Waals surface area contributed by atoms with Crippen LogP contribution >= 0.6 is 0 Å². The highest BCUT2D eigenvalue weighted by atomic mass is 32.2. The topological polar surface area (TPSA) is 102 Å². The highest BCUT2D eigenvalue weighted by molar-refractivity contribution is 7.85. The van der Waals surface area contributed by atoms with E-state index in [2.05, 4.69) is 0 Å². The first-order chi connectivity index (χ1) is 17.6. The fraction of sp³-hybridized carbons (Fsp3) is 0.393. The molecule has 2 aliphatic carbocycles. The van der Waals surface area contributed by atoms with E-state index in [0.29, 0.717) is 46.2 Å². The number of rotatable bonds is 5. The molecule has 0 N–H and O–H groups in total. The maximum absolute atomic E-state index is 14.7. The molecule has 5 rings (SSSR count). The molecule has 0 atom stereocenters. The minimum Gasteiger partial charge on any atom is -0.744 e. The van der Waals surface area contributed by atoms with Gasteiger partial charge in [-0.1, -0.05) is 12.5 Å². The molecule has 9 heteroatoms. The van der Waals surface area contributed by atoms with Crippen molar-refractivity contribution in [3.8, 4) is 17.2 Å². The van der Waals surface area contributed by atoms with Crippen LogP contribution in [0.2, 0.25) is 0 Å². The molecule has 0 aromatic heterocycles. The maximum Gasteiger partial charge on any atom is 0.514 e. The van der Waals surface area contributed by atoms with E-state index < -0.39 is 27.7 Å². The van der Waals surface area contributed by atoms with E-state index in [1.54, 1.807) is 18.2 Å². The molecule has 37 heavy (non-hydrogen) atoms. The van der Waals surface area contributed by atoms with Crippen LogP contribution in [0, 0.1) is 5.82 Å². The van der Waals surface area contributed by atoms with Gasteiger partial charge in [-0.3, -0.25) is 0 Å². The molecular formula is C28H28FO7S-. The molecule has 0 bridgehead atoms. The monoisotopic (exact) mass is 527 g/mol. The van der Waals surface area contributed by atoms with Crippen molar-refractivity contribution in [2.45, 2.75) is 75.2 Å². The summed E-state index contributed by atoms with van der Waals surface area (Å²) in [5.41, 5.74) is 0.622. The predicted octanol–water partition coefficient (Wildman–Crippen LogP) is 6.79. The number of halogens is 1. The van der Waals surface area contributed by atoms with Crippen LogP contribution in [-0.2, 0) is 27.7 Å². The summed E-state index contributed by atoms with van der Waals surface area (Å²) in [6.45, 7) is 1.87. The first kappa shape index (κ1) is 25.5. The average molecular weight is 528 g/mol. The Kier molecular flexibility index (Phi) is 6.85. The first-order valence-corrected chi connectivity index (χ1v) is 13.9. The molecule has 3 aromatic carbocycles. The normalized spacial score (nSPS) is 17.2. The van der Waals surface area contributed by atoms with Gasteiger partial charge in [-0.2, -0.15) is 0 Å². The number of carbonyl (C=O) groups excluding carboxylic acids is 1. The molecule has 3 aromatic rings. The third kappa shape index (κ3) is 5.57.